The Morgan fingerprint density at radius 1 is 1.45 bits per heavy atom. The highest BCUT2D eigenvalue weighted by Crippen LogP contribution is 2.12. The predicted molar refractivity (Wildman–Crippen MR) is 45.6 cm³/mol. The number of hydrogen-bond donors (Lipinski definition) is 0. The first-order valence-electron chi connectivity index (χ1n) is 3.85. The lowest BCUT2D eigenvalue weighted by Gasteiger charge is -2.33. The van der Waals surface area contributed by atoms with Crippen molar-refractivity contribution in [2.75, 3.05) is 13.6 Å². The molecule has 65 valence electrons. The monoisotopic (exact) mass is 157 g/mol. The van der Waals surface area contributed by atoms with Crippen molar-refractivity contribution in [1.82, 2.24) is 10.2 Å². The Morgan fingerprint density at radius 3 is 2.00 bits per heavy atom. The minimum Gasteiger partial charge on any atom is -0.319 e. The topological polar surface area (TPSA) is 34.4 Å². The van der Waals surface area contributed by atoms with Crippen LogP contribution in [0.25, 0.3) is 0 Å². The third kappa shape index (κ3) is 2.78. The first-order chi connectivity index (χ1) is 4.93. The van der Waals surface area contributed by atoms with Crippen LogP contribution >= 0.6 is 0 Å². The van der Waals surface area contributed by atoms with E-state index in [-0.39, 0.29) is 11.6 Å². The molecule has 0 aliphatic heterocycles. The first kappa shape index (κ1) is 10.3. The van der Waals surface area contributed by atoms with Crippen molar-refractivity contribution in [2.45, 2.75) is 33.2 Å². The molecule has 11 heavy (non-hydrogen) atoms. The lowest BCUT2D eigenvalue weighted by Crippen LogP contribution is -2.47. The Morgan fingerprint density at radius 2 is 1.91 bits per heavy atom. The van der Waals surface area contributed by atoms with Gasteiger partial charge in [0.15, 0.2) is 0 Å². The molecule has 3 nitrogen and oxygen atoms in total. The van der Waals surface area contributed by atoms with Gasteiger partial charge in [0.1, 0.15) is 0 Å². The Labute approximate surface area is 68.8 Å². The molecule has 0 aromatic heterocycles. The quantitative estimate of drug-likeness (QED) is 0.567. The van der Waals surface area contributed by atoms with Crippen LogP contribution < -0.4 is 5.32 Å². The lowest BCUT2D eigenvalue weighted by molar-refractivity contribution is 0.151. The van der Waals surface area contributed by atoms with Gasteiger partial charge in [0.2, 0.25) is 0 Å². The highest BCUT2D eigenvalue weighted by atomic mass is 16.2. The molecule has 0 heterocycles. The minimum atomic E-state index is -0.139. The van der Waals surface area contributed by atoms with Crippen molar-refractivity contribution in [1.29, 1.82) is 0 Å². The molecule has 0 bridgehead atoms. The van der Waals surface area contributed by atoms with E-state index in [1.54, 1.807) is 4.90 Å². The molecule has 0 aliphatic rings. The summed E-state index contributed by atoms with van der Waals surface area (Å²) in [5, 5.41) is 3.61. The third-order valence-corrected chi connectivity index (χ3v) is 1.55. The fourth-order valence-corrected chi connectivity index (χ4v) is 1.02. The number of hydrogen-bond acceptors (Lipinski definition) is 1. The molecule has 0 saturated carbocycles. The average Bonchev–Trinajstić information content (AvgIpc) is 1.86. The summed E-state index contributed by atoms with van der Waals surface area (Å²) in [5.74, 6) is 0. The maximum absolute atomic E-state index is 11.1. The van der Waals surface area contributed by atoms with Gasteiger partial charge < -0.3 is 4.90 Å². The van der Waals surface area contributed by atoms with E-state index in [1.807, 2.05) is 27.7 Å². The summed E-state index contributed by atoms with van der Waals surface area (Å²) in [5.41, 5.74) is -0.120. The van der Waals surface area contributed by atoms with Crippen LogP contribution in [0.4, 0.5) is 4.79 Å². The number of urea groups is 1. The van der Waals surface area contributed by atoms with Gasteiger partial charge in [0.05, 0.1) is 0 Å². The van der Waals surface area contributed by atoms with Gasteiger partial charge in [0.25, 0.3) is 0 Å². The molecule has 0 aromatic carbocycles. The maximum atomic E-state index is 11.1. The van der Waals surface area contributed by atoms with E-state index >= 15 is 0 Å². The van der Waals surface area contributed by atoms with Crippen LogP contribution in [-0.4, -0.2) is 30.1 Å². The zero-order valence-electron chi connectivity index (χ0n) is 8.01. The molecule has 0 N–H and O–H groups in total. The third-order valence-electron chi connectivity index (χ3n) is 1.55. The van der Waals surface area contributed by atoms with Crippen molar-refractivity contribution in [3.8, 4) is 0 Å². The summed E-state index contributed by atoms with van der Waals surface area (Å²) < 4.78 is 0. The number of rotatable bonds is 1. The van der Waals surface area contributed by atoms with E-state index in [4.69, 9.17) is 0 Å². The summed E-state index contributed by atoms with van der Waals surface area (Å²) in [6.07, 6.45) is 0. The largest absolute Gasteiger partial charge is 0.339 e. The average molecular weight is 157 g/mol. The van der Waals surface area contributed by atoms with Gasteiger partial charge >= 0.3 is 6.03 Å². The molecule has 0 spiro atoms. The van der Waals surface area contributed by atoms with Crippen LogP contribution in [0, 0.1) is 0 Å². The van der Waals surface area contributed by atoms with E-state index < -0.39 is 0 Å². The van der Waals surface area contributed by atoms with E-state index in [0.717, 1.165) is 0 Å². The second-order valence-electron chi connectivity index (χ2n) is 3.42. The van der Waals surface area contributed by atoms with Gasteiger partial charge in [-0.3, -0.25) is 0 Å². The van der Waals surface area contributed by atoms with Crippen molar-refractivity contribution in [3.63, 3.8) is 0 Å². The van der Waals surface area contributed by atoms with Gasteiger partial charge in [-0.2, -0.15) is 0 Å². The molecule has 3 heteroatoms. The fourth-order valence-electron chi connectivity index (χ4n) is 1.02. The van der Waals surface area contributed by atoms with Crippen molar-refractivity contribution in [2.24, 2.45) is 0 Å². The molecular formula is C8H17N2O. The summed E-state index contributed by atoms with van der Waals surface area (Å²) in [4.78, 5) is 12.9. The molecule has 0 atom stereocenters. The molecule has 0 aromatic rings. The van der Waals surface area contributed by atoms with E-state index in [9.17, 15) is 4.79 Å². The highest BCUT2D eigenvalue weighted by molar-refractivity contribution is 5.74. The van der Waals surface area contributed by atoms with Crippen LogP contribution in [0.1, 0.15) is 27.7 Å². The Bertz CT molecular complexity index is 138. The number of carbonyl (C=O) groups excluding carboxylic acids is 1. The van der Waals surface area contributed by atoms with Gasteiger partial charge in [-0.05, 0) is 27.7 Å². The predicted octanol–water partition coefficient (Wildman–Crippen LogP) is 1.46. The fraction of sp³-hybridized carbons (Fsp3) is 0.875. The number of nitrogens with zero attached hydrogens (tertiary/aromatic N) is 2. The number of amides is 2. The second-order valence-corrected chi connectivity index (χ2v) is 3.42. The number of carbonyl (C=O) groups is 1. The molecule has 0 saturated heterocycles. The molecular weight excluding hydrogens is 140 g/mol. The van der Waals surface area contributed by atoms with Gasteiger partial charge in [-0.15, -0.1) is 0 Å². The van der Waals surface area contributed by atoms with Crippen LogP contribution in [0.2, 0.25) is 0 Å². The van der Waals surface area contributed by atoms with Gasteiger partial charge in [-0.1, -0.05) is 0 Å². The summed E-state index contributed by atoms with van der Waals surface area (Å²) >= 11 is 0. The summed E-state index contributed by atoms with van der Waals surface area (Å²) in [6, 6.07) is -0.139. The summed E-state index contributed by atoms with van der Waals surface area (Å²) in [6.45, 7) is 8.66. The Hall–Kier alpha value is -0.730. The molecule has 1 radical (unpaired) electrons. The molecule has 0 aliphatic carbocycles. The maximum Gasteiger partial charge on any atom is 0.339 e. The smallest absolute Gasteiger partial charge is 0.319 e. The molecule has 0 rings (SSSR count). The van der Waals surface area contributed by atoms with Crippen molar-refractivity contribution >= 4 is 6.03 Å². The Balaban J connectivity index is 4.29. The summed E-state index contributed by atoms with van der Waals surface area (Å²) in [7, 11) is 1.52. The van der Waals surface area contributed by atoms with Crippen molar-refractivity contribution < 1.29 is 4.79 Å². The SMILES string of the molecule is CCN(C(=O)[N]C)C(C)(C)C. The zero-order valence-corrected chi connectivity index (χ0v) is 8.01. The van der Waals surface area contributed by atoms with Gasteiger partial charge in [0, 0.05) is 19.1 Å². The van der Waals surface area contributed by atoms with Crippen LogP contribution in [0.15, 0.2) is 0 Å². The normalized spacial score (nSPS) is 11.0. The molecule has 0 fully saturated rings. The minimum absolute atomic E-state index is 0.120. The van der Waals surface area contributed by atoms with Crippen LogP contribution in [0.5, 0.6) is 0 Å². The molecule has 0 unspecified atom stereocenters. The highest BCUT2D eigenvalue weighted by Gasteiger charge is 2.24. The van der Waals surface area contributed by atoms with Gasteiger partial charge in [-0.25, -0.2) is 10.1 Å². The second kappa shape index (κ2) is 3.60. The first-order valence-corrected chi connectivity index (χ1v) is 3.85. The van der Waals surface area contributed by atoms with Crippen LogP contribution in [-0.2, 0) is 0 Å². The lowest BCUT2D eigenvalue weighted by atomic mass is 10.1. The van der Waals surface area contributed by atoms with E-state index in [2.05, 4.69) is 5.32 Å². The van der Waals surface area contributed by atoms with Crippen molar-refractivity contribution in [3.05, 3.63) is 0 Å². The standard InChI is InChI=1S/C8H17N2O/c1-6-10(7(11)9-5)8(2,3)4/h6H2,1-5H3. The zero-order chi connectivity index (χ0) is 9.07. The molecule has 2 amide bonds. The Kier molecular flexibility index (Phi) is 3.36. The van der Waals surface area contributed by atoms with E-state index in [0.29, 0.717) is 6.54 Å². The van der Waals surface area contributed by atoms with Crippen LogP contribution in [0.3, 0.4) is 0 Å². The van der Waals surface area contributed by atoms with E-state index in [1.165, 1.54) is 7.05 Å².